The highest BCUT2D eigenvalue weighted by Crippen LogP contribution is 2.30. The molecule has 0 aromatic rings. The monoisotopic (exact) mass is 254 g/mol. The lowest BCUT2D eigenvalue weighted by atomic mass is 9.83. The van der Waals surface area contributed by atoms with Crippen LogP contribution >= 0.6 is 22.6 Å². The van der Waals surface area contributed by atoms with E-state index < -0.39 is 0 Å². The van der Waals surface area contributed by atoms with Gasteiger partial charge < -0.3 is 5.11 Å². The predicted octanol–water partition coefficient (Wildman–Crippen LogP) is 2.51. The second-order valence-electron chi connectivity index (χ2n) is 3.22. The molecule has 60 valence electrons. The zero-order chi connectivity index (χ0) is 7.45. The molecule has 1 nitrogen and oxygen atoms in total. The van der Waals surface area contributed by atoms with Gasteiger partial charge in [-0.2, -0.15) is 0 Å². The first kappa shape index (κ1) is 8.78. The minimum Gasteiger partial charge on any atom is -0.390 e. The molecule has 0 aliphatic heterocycles. The van der Waals surface area contributed by atoms with Gasteiger partial charge in [0.25, 0.3) is 0 Å². The van der Waals surface area contributed by atoms with E-state index in [4.69, 9.17) is 0 Å². The standard InChI is InChI=1S/C8H15IO/c9-7-6-8(10)4-2-1-3-5-8/h10H,1-7H2. The Balaban J connectivity index is 2.32. The smallest absolute Gasteiger partial charge is 0.0655 e. The van der Waals surface area contributed by atoms with Crippen LogP contribution in [0.5, 0.6) is 0 Å². The van der Waals surface area contributed by atoms with Crippen molar-refractivity contribution in [3.8, 4) is 0 Å². The Morgan fingerprint density at radius 3 is 2.30 bits per heavy atom. The maximum atomic E-state index is 9.87. The van der Waals surface area contributed by atoms with Crippen molar-refractivity contribution < 1.29 is 5.11 Å². The molecule has 1 aliphatic carbocycles. The van der Waals surface area contributed by atoms with Gasteiger partial charge in [0.05, 0.1) is 5.60 Å². The van der Waals surface area contributed by atoms with Crippen LogP contribution in [0.15, 0.2) is 0 Å². The van der Waals surface area contributed by atoms with Gasteiger partial charge in [0.15, 0.2) is 0 Å². The average molecular weight is 254 g/mol. The molecule has 1 fully saturated rings. The fraction of sp³-hybridized carbons (Fsp3) is 1.00. The van der Waals surface area contributed by atoms with E-state index in [1.165, 1.54) is 19.3 Å². The molecule has 0 aromatic carbocycles. The minimum atomic E-state index is -0.278. The summed E-state index contributed by atoms with van der Waals surface area (Å²) >= 11 is 2.34. The van der Waals surface area contributed by atoms with Gasteiger partial charge in [-0.3, -0.25) is 0 Å². The number of hydrogen-bond donors (Lipinski definition) is 1. The fourth-order valence-corrected chi connectivity index (χ4v) is 2.64. The Morgan fingerprint density at radius 1 is 1.20 bits per heavy atom. The van der Waals surface area contributed by atoms with Crippen molar-refractivity contribution in [2.45, 2.75) is 44.1 Å². The Bertz CT molecular complexity index is 91.9. The molecule has 0 saturated heterocycles. The summed E-state index contributed by atoms with van der Waals surface area (Å²) in [4.78, 5) is 0. The van der Waals surface area contributed by atoms with Crippen molar-refractivity contribution in [2.24, 2.45) is 0 Å². The van der Waals surface area contributed by atoms with Gasteiger partial charge in [-0.15, -0.1) is 0 Å². The van der Waals surface area contributed by atoms with Crippen LogP contribution in [-0.4, -0.2) is 15.1 Å². The average Bonchev–Trinajstić information content (AvgIpc) is 1.89. The van der Waals surface area contributed by atoms with E-state index >= 15 is 0 Å². The lowest BCUT2D eigenvalue weighted by Gasteiger charge is -2.31. The lowest BCUT2D eigenvalue weighted by Crippen LogP contribution is -2.31. The number of hydrogen-bond acceptors (Lipinski definition) is 1. The Labute approximate surface area is 76.3 Å². The molecule has 0 unspecified atom stereocenters. The maximum absolute atomic E-state index is 9.87. The van der Waals surface area contributed by atoms with Crippen LogP contribution in [0.4, 0.5) is 0 Å². The third-order valence-electron chi connectivity index (χ3n) is 2.34. The maximum Gasteiger partial charge on any atom is 0.0655 e. The van der Waals surface area contributed by atoms with Gasteiger partial charge in [0.2, 0.25) is 0 Å². The Hall–Kier alpha value is 0.690. The molecular formula is C8H15IO. The van der Waals surface area contributed by atoms with E-state index in [0.717, 1.165) is 23.7 Å². The molecule has 1 aliphatic rings. The summed E-state index contributed by atoms with van der Waals surface area (Å²) in [5.74, 6) is 0. The van der Waals surface area contributed by atoms with Crippen LogP contribution in [0.3, 0.4) is 0 Å². The molecule has 1 saturated carbocycles. The van der Waals surface area contributed by atoms with Crippen molar-refractivity contribution in [3.05, 3.63) is 0 Å². The van der Waals surface area contributed by atoms with Crippen LogP contribution in [0.25, 0.3) is 0 Å². The SMILES string of the molecule is OC1(CCI)CCCCC1. The highest BCUT2D eigenvalue weighted by atomic mass is 127. The minimum absolute atomic E-state index is 0.278. The first-order chi connectivity index (χ1) is 4.77. The first-order valence-corrected chi connectivity index (χ1v) is 5.58. The topological polar surface area (TPSA) is 20.2 Å². The van der Waals surface area contributed by atoms with E-state index in [1.54, 1.807) is 0 Å². The van der Waals surface area contributed by atoms with E-state index in [2.05, 4.69) is 22.6 Å². The molecule has 0 spiro atoms. The van der Waals surface area contributed by atoms with Gasteiger partial charge in [-0.25, -0.2) is 0 Å². The summed E-state index contributed by atoms with van der Waals surface area (Å²) in [5.41, 5.74) is -0.278. The van der Waals surface area contributed by atoms with Crippen LogP contribution in [-0.2, 0) is 0 Å². The highest BCUT2D eigenvalue weighted by molar-refractivity contribution is 14.1. The largest absolute Gasteiger partial charge is 0.390 e. The van der Waals surface area contributed by atoms with Gasteiger partial charge in [0, 0.05) is 4.43 Å². The normalized spacial score (nSPS) is 24.6. The summed E-state index contributed by atoms with van der Waals surface area (Å²) in [6, 6.07) is 0. The van der Waals surface area contributed by atoms with E-state index in [9.17, 15) is 5.11 Å². The molecule has 10 heavy (non-hydrogen) atoms. The molecular weight excluding hydrogens is 239 g/mol. The van der Waals surface area contributed by atoms with Gasteiger partial charge >= 0.3 is 0 Å². The van der Waals surface area contributed by atoms with Gasteiger partial charge in [-0.1, -0.05) is 41.9 Å². The molecule has 1 rings (SSSR count). The lowest BCUT2D eigenvalue weighted by molar-refractivity contribution is 0.00237. The number of halogens is 1. The van der Waals surface area contributed by atoms with E-state index in [-0.39, 0.29) is 5.60 Å². The number of alkyl halides is 1. The molecule has 0 radical (unpaired) electrons. The number of aliphatic hydroxyl groups is 1. The van der Waals surface area contributed by atoms with Crippen molar-refractivity contribution >= 4 is 22.6 Å². The summed E-state index contributed by atoms with van der Waals surface area (Å²) in [6.45, 7) is 0. The summed E-state index contributed by atoms with van der Waals surface area (Å²) < 4.78 is 1.09. The van der Waals surface area contributed by atoms with Crippen molar-refractivity contribution in [2.75, 3.05) is 4.43 Å². The molecule has 0 bridgehead atoms. The van der Waals surface area contributed by atoms with Crippen molar-refractivity contribution in [1.29, 1.82) is 0 Å². The van der Waals surface area contributed by atoms with Crippen LogP contribution < -0.4 is 0 Å². The second-order valence-corrected chi connectivity index (χ2v) is 4.30. The number of rotatable bonds is 2. The third kappa shape index (κ3) is 2.38. The molecule has 0 aromatic heterocycles. The molecule has 0 amide bonds. The fourth-order valence-electron chi connectivity index (χ4n) is 1.64. The van der Waals surface area contributed by atoms with Crippen LogP contribution in [0.1, 0.15) is 38.5 Å². The Kier molecular flexibility index (Phi) is 3.43. The van der Waals surface area contributed by atoms with Crippen LogP contribution in [0.2, 0.25) is 0 Å². The molecule has 0 heterocycles. The predicted molar refractivity (Wildman–Crippen MR) is 51.5 cm³/mol. The molecule has 2 heteroatoms. The van der Waals surface area contributed by atoms with Crippen molar-refractivity contribution in [3.63, 3.8) is 0 Å². The molecule has 1 N–H and O–H groups in total. The highest BCUT2D eigenvalue weighted by Gasteiger charge is 2.27. The zero-order valence-corrected chi connectivity index (χ0v) is 8.43. The van der Waals surface area contributed by atoms with Gasteiger partial charge in [0.1, 0.15) is 0 Å². The summed E-state index contributed by atoms with van der Waals surface area (Å²) in [5, 5.41) is 9.87. The third-order valence-corrected chi connectivity index (χ3v) is 2.88. The first-order valence-electron chi connectivity index (χ1n) is 4.05. The Morgan fingerprint density at radius 2 is 1.80 bits per heavy atom. The summed E-state index contributed by atoms with van der Waals surface area (Å²) in [6.07, 6.45) is 6.85. The van der Waals surface area contributed by atoms with Gasteiger partial charge in [-0.05, 0) is 19.3 Å². The van der Waals surface area contributed by atoms with Crippen molar-refractivity contribution in [1.82, 2.24) is 0 Å². The zero-order valence-electron chi connectivity index (χ0n) is 6.27. The van der Waals surface area contributed by atoms with E-state index in [0.29, 0.717) is 0 Å². The van der Waals surface area contributed by atoms with Crippen LogP contribution in [0, 0.1) is 0 Å². The van der Waals surface area contributed by atoms with E-state index in [1.807, 2.05) is 0 Å². The summed E-state index contributed by atoms with van der Waals surface area (Å²) in [7, 11) is 0. The molecule has 0 atom stereocenters. The quantitative estimate of drug-likeness (QED) is 0.593. The second kappa shape index (κ2) is 3.90.